The highest BCUT2D eigenvalue weighted by Gasteiger charge is 2.30. The maximum Gasteiger partial charge on any atom is 0.348 e. The van der Waals surface area contributed by atoms with Crippen molar-refractivity contribution in [2.45, 2.75) is 82.8 Å². The molecule has 1 atom stereocenters. The lowest BCUT2D eigenvalue weighted by molar-refractivity contribution is -0.123. The zero-order valence-electron chi connectivity index (χ0n) is 25.9. The Bertz CT molecular complexity index is 1480. The second kappa shape index (κ2) is 16.4. The minimum atomic E-state index is -0.637. The lowest BCUT2D eigenvalue weighted by Gasteiger charge is -2.26. The van der Waals surface area contributed by atoms with Gasteiger partial charge in [-0.2, -0.15) is 0 Å². The fourth-order valence-corrected chi connectivity index (χ4v) is 7.01. The van der Waals surface area contributed by atoms with Crippen LogP contribution < -0.4 is 15.4 Å². The van der Waals surface area contributed by atoms with Crippen molar-refractivity contribution in [3.63, 3.8) is 0 Å². The van der Waals surface area contributed by atoms with Gasteiger partial charge in [0.05, 0.1) is 30.6 Å². The Balaban J connectivity index is 1.48. The molecule has 12 nitrogen and oxygen atoms in total. The lowest BCUT2D eigenvalue weighted by atomic mass is 9.95. The molecule has 14 heteroatoms. The molecule has 0 saturated heterocycles. The standard InChI is InChI=1S/C31H39N5O7S2/c1-5-41-29(39)25-19(3)26(30(40)42-6-2)45-28(25)33-27(38)20(4)44-31-35-34-23(36(31)21-13-9-7-10-14-21)17-32-24(37)18-43-22-15-11-8-12-16-22/h8,11-12,15-16,20-21H,5-7,9-10,13-14,17-18H2,1-4H3,(H,32,37)(H,33,38)/t20-/m0/s1. The summed E-state index contributed by atoms with van der Waals surface area (Å²) in [7, 11) is 0. The number of hydrogen-bond donors (Lipinski definition) is 2. The second-order valence-electron chi connectivity index (χ2n) is 10.4. The van der Waals surface area contributed by atoms with E-state index in [9.17, 15) is 19.2 Å². The Morgan fingerprint density at radius 1 is 1.02 bits per heavy atom. The van der Waals surface area contributed by atoms with Crippen molar-refractivity contribution in [2.75, 3.05) is 25.1 Å². The SMILES string of the molecule is CCOC(=O)c1sc(NC(=O)[C@H](C)Sc2nnc(CNC(=O)COc3ccccc3)n2C2CCCCC2)c(C(=O)OCC)c1C. The molecule has 4 rings (SSSR count). The molecule has 0 radical (unpaired) electrons. The number of esters is 2. The summed E-state index contributed by atoms with van der Waals surface area (Å²) in [6.45, 7) is 7.09. The third-order valence-corrected chi connectivity index (χ3v) is 9.45. The number of rotatable bonds is 14. The molecule has 1 aromatic carbocycles. The summed E-state index contributed by atoms with van der Waals surface area (Å²) in [6, 6.07) is 9.25. The number of thioether (sulfide) groups is 1. The number of anilines is 1. The van der Waals surface area contributed by atoms with Crippen LogP contribution in [0.1, 0.15) is 90.3 Å². The van der Waals surface area contributed by atoms with Gasteiger partial charge in [-0.05, 0) is 58.2 Å². The molecule has 242 valence electrons. The van der Waals surface area contributed by atoms with Crippen LogP contribution in [-0.4, -0.2) is 63.6 Å². The number of benzene rings is 1. The topological polar surface area (TPSA) is 151 Å². The van der Waals surface area contributed by atoms with Crippen LogP contribution in [0.4, 0.5) is 5.00 Å². The number of nitrogens with zero attached hydrogens (tertiary/aromatic N) is 3. The second-order valence-corrected chi connectivity index (χ2v) is 12.7. The number of aromatic nitrogens is 3. The molecule has 0 bridgehead atoms. The van der Waals surface area contributed by atoms with E-state index in [0.717, 1.165) is 43.4 Å². The molecule has 2 N–H and O–H groups in total. The number of amides is 2. The first-order chi connectivity index (χ1) is 21.7. The molecule has 1 aliphatic rings. The predicted molar refractivity (Wildman–Crippen MR) is 171 cm³/mol. The average molecular weight is 658 g/mol. The average Bonchev–Trinajstić information content (AvgIpc) is 3.59. The summed E-state index contributed by atoms with van der Waals surface area (Å²) in [5.41, 5.74) is 0.528. The van der Waals surface area contributed by atoms with E-state index in [-0.39, 0.29) is 59.7 Å². The van der Waals surface area contributed by atoms with Crippen LogP contribution in [-0.2, 0) is 25.6 Å². The van der Waals surface area contributed by atoms with Crippen LogP contribution in [0.15, 0.2) is 35.5 Å². The van der Waals surface area contributed by atoms with Crippen LogP contribution in [0, 0.1) is 6.92 Å². The first kappa shape index (κ1) is 34.0. The van der Waals surface area contributed by atoms with Gasteiger partial charge in [0.15, 0.2) is 17.6 Å². The van der Waals surface area contributed by atoms with E-state index in [4.69, 9.17) is 14.2 Å². The molecule has 1 aliphatic carbocycles. The molecule has 2 heterocycles. The van der Waals surface area contributed by atoms with Gasteiger partial charge in [-0.1, -0.05) is 49.2 Å². The number of nitrogens with one attached hydrogen (secondary N) is 2. The number of ether oxygens (including phenoxy) is 3. The minimum absolute atomic E-state index is 0.131. The summed E-state index contributed by atoms with van der Waals surface area (Å²) in [4.78, 5) is 51.5. The number of carbonyl (C=O) groups excluding carboxylic acids is 4. The number of para-hydroxylation sites is 1. The van der Waals surface area contributed by atoms with Crippen LogP contribution >= 0.6 is 23.1 Å². The maximum atomic E-state index is 13.4. The number of thiophene rings is 1. The van der Waals surface area contributed by atoms with Gasteiger partial charge < -0.3 is 29.4 Å². The van der Waals surface area contributed by atoms with Crippen molar-refractivity contribution in [1.82, 2.24) is 20.1 Å². The highest BCUT2D eigenvalue weighted by molar-refractivity contribution is 8.00. The summed E-state index contributed by atoms with van der Waals surface area (Å²) >= 11 is 2.22. The molecule has 0 aliphatic heterocycles. The van der Waals surface area contributed by atoms with E-state index in [2.05, 4.69) is 20.8 Å². The summed E-state index contributed by atoms with van der Waals surface area (Å²) in [5, 5.41) is 14.6. The van der Waals surface area contributed by atoms with Crippen LogP contribution in [0.3, 0.4) is 0 Å². The Morgan fingerprint density at radius 3 is 2.40 bits per heavy atom. The van der Waals surface area contributed by atoms with Gasteiger partial charge in [-0.15, -0.1) is 21.5 Å². The van der Waals surface area contributed by atoms with Crippen molar-refractivity contribution in [3.05, 3.63) is 52.2 Å². The molecule has 1 fully saturated rings. The van der Waals surface area contributed by atoms with Crippen molar-refractivity contribution < 1.29 is 33.4 Å². The van der Waals surface area contributed by atoms with Crippen LogP contribution in [0.5, 0.6) is 5.75 Å². The highest BCUT2D eigenvalue weighted by atomic mass is 32.2. The largest absolute Gasteiger partial charge is 0.484 e. The third kappa shape index (κ3) is 8.85. The van der Waals surface area contributed by atoms with Crippen molar-refractivity contribution in [2.24, 2.45) is 0 Å². The zero-order valence-corrected chi connectivity index (χ0v) is 27.6. The van der Waals surface area contributed by atoms with Crippen molar-refractivity contribution >= 4 is 51.9 Å². The number of hydrogen-bond acceptors (Lipinski definition) is 11. The fourth-order valence-electron chi connectivity index (χ4n) is 4.98. The van der Waals surface area contributed by atoms with Crippen molar-refractivity contribution in [3.8, 4) is 5.75 Å². The molecule has 2 aromatic heterocycles. The Morgan fingerprint density at radius 2 is 1.71 bits per heavy atom. The summed E-state index contributed by atoms with van der Waals surface area (Å²) in [6.07, 6.45) is 5.17. The zero-order chi connectivity index (χ0) is 32.3. The van der Waals surface area contributed by atoms with Gasteiger partial charge in [0, 0.05) is 6.04 Å². The monoisotopic (exact) mass is 657 g/mol. The van der Waals surface area contributed by atoms with Crippen molar-refractivity contribution in [1.29, 1.82) is 0 Å². The lowest BCUT2D eigenvalue weighted by Crippen LogP contribution is -2.30. The van der Waals surface area contributed by atoms with E-state index in [1.807, 2.05) is 22.8 Å². The van der Waals surface area contributed by atoms with E-state index < -0.39 is 17.2 Å². The molecule has 0 spiro atoms. The fraction of sp³-hybridized carbons (Fsp3) is 0.484. The minimum Gasteiger partial charge on any atom is -0.484 e. The quantitative estimate of drug-likeness (QED) is 0.172. The Kier molecular flexibility index (Phi) is 12.4. The third-order valence-electron chi connectivity index (χ3n) is 7.21. The number of carbonyl (C=O) groups is 4. The Labute approximate surface area is 270 Å². The van der Waals surface area contributed by atoms with Gasteiger partial charge in [-0.3, -0.25) is 9.59 Å². The van der Waals surface area contributed by atoms with Crippen LogP contribution in [0.25, 0.3) is 0 Å². The molecular weight excluding hydrogens is 619 g/mol. The predicted octanol–water partition coefficient (Wildman–Crippen LogP) is 5.32. The summed E-state index contributed by atoms with van der Waals surface area (Å²) < 4.78 is 17.9. The molecule has 45 heavy (non-hydrogen) atoms. The van der Waals surface area contributed by atoms with Gasteiger partial charge >= 0.3 is 11.9 Å². The molecule has 3 aromatic rings. The molecular formula is C31H39N5O7S2. The summed E-state index contributed by atoms with van der Waals surface area (Å²) in [5.74, 6) is -0.662. The maximum absolute atomic E-state index is 13.4. The van der Waals surface area contributed by atoms with Gasteiger partial charge in [0.1, 0.15) is 15.6 Å². The molecule has 2 amide bonds. The first-order valence-corrected chi connectivity index (χ1v) is 16.8. The molecule has 0 unspecified atom stereocenters. The van der Waals surface area contributed by atoms with Gasteiger partial charge in [-0.25, -0.2) is 9.59 Å². The van der Waals surface area contributed by atoms with E-state index in [1.165, 1.54) is 11.8 Å². The smallest absolute Gasteiger partial charge is 0.348 e. The first-order valence-electron chi connectivity index (χ1n) is 15.1. The normalized spacial score (nSPS) is 14.0. The molecule has 1 saturated carbocycles. The van der Waals surface area contributed by atoms with E-state index in [0.29, 0.717) is 22.3 Å². The Hall–Kier alpha value is -3.91. The van der Waals surface area contributed by atoms with Gasteiger partial charge in [0.25, 0.3) is 5.91 Å². The van der Waals surface area contributed by atoms with Crippen LogP contribution in [0.2, 0.25) is 0 Å². The van der Waals surface area contributed by atoms with E-state index >= 15 is 0 Å². The van der Waals surface area contributed by atoms with E-state index in [1.54, 1.807) is 39.8 Å². The highest BCUT2D eigenvalue weighted by Crippen LogP contribution is 2.37. The van der Waals surface area contributed by atoms with Gasteiger partial charge in [0.2, 0.25) is 5.91 Å².